The van der Waals surface area contributed by atoms with Crippen LogP contribution in [0.2, 0.25) is 0 Å². The Morgan fingerprint density at radius 1 is 1.30 bits per heavy atom. The first-order valence-electron chi connectivity index (χ1n) is 7.11. The molecule has 1 saturated carbocycles. The lowest BCUT2D eigenvalue weighted by Crippen LogP contribution is -2.36. The van der Waals surface area contributed by atoms with Crippen LogP contribution in [0.1, 0.15) is 27.2 Å². The zero-order chi connectivity index (χ0) is 14.8. The van der Waals surface area contributed by atoms with E-state index >= 15 is 0 Å². The van der Waals surface area contributed by atoms with Crippen LogP contribution in [0.15, 0.2) is 11.1 Å². The third-order valence-corrected chi connectivity index (χ3v) is 7.21. The number of carbonyl (C=O) groups excluding carboxylic acids is 2. The summed E-state index contributed by atoms with van der Waals surface area (Å²) >= 11 is 2.32. The molecule has 0 unspecified atom stereocenters. The highest BCUT2D eigenvalue weighted by Gasteiger charge is 2.56. The molecule has 3 rings (SSSR count). The van der Waals surface area contributed by atoms with Crippen LogP contribution < -0.4 is 0 Å². The molecular formula is C15H19IO4. The van der Waals surface area contributed by atoms with E-state index in [-0.39, 0.29) is 45.5 Å². The molecule has 4 nitrogen and oxygen atoms in total. The topological polar surface area (TPSA) is 63.6 Å². The van der Waals surface area contributed by atoms with Gasteiger partial charge in [-0.2, -0.15) is 0 Å². The van der Waals surface area contributed by atoms with Gasteiger partial charge in [-0.05, 0) is 29.9 Å². The number of allylic oxidation sites excluding steroid dienone is 1. The van der Waals surface area contributed by atoms with Gasteiger partial charge in [0.25, 0.3) is 0 Å². The molecule has 0 radical (unpaired) electrons. The number of fused-ring (bicyclic) bond motifs is 2. The van der Waals surface area contributed by atoms with Crippen LogP contribution in [0.25, 0.3) is 0 Å². The SMILES string of the molecule is CC1=C2[C@@H](O)[C@H]3[C@H](OC(=O)[C@@H]3C)[C@@H](I)[C@H](C)[C@H]2CC1=O. The molecule has 1 aliphatic heterocycles. The lowest BCUT2D eigenvalue weighted by atomic mass is 9.82. The van der Waals surface area contributed by atoms with Crippen molar-refractivity contribution in [2.24, 2.45) is 23.7 Å². The van der Waals surface area contributed by atoms with E-state index in [1.165, 1.54) is 0 Å². The lowest BCUT2D eigenvalue weighted by Gasteiger charge is -2.26. The molecule has 3 aliphatic rings. The van der Waals surface area contributed by atoms with Crippen LogP contribution in [0, 0.1) is 23.7 Å². The molecule has 0 amide bonds. The molecule has 2 fully saturated rings. The van der Waals surface area contributed by atoms with Crippen molar-refractivity contribution in [2.75, 3.05) is 0 Å². The second-order valence-corrected chi connectivity index (χ2v) is 7.77. The highest BCUT2D eigenvalue weighted by molar-refractivity contribution is 14.1. The van der Waals surface area contributed by atoms with E-state index in [0.29, 0.717) is 12.0 Å². The fraction of sp³-hybridized carbons (Fsp3) is 0.733. The second-order valence-electron chi connectivity index (χ2n) is 6.33. The maximum absolute atomic E-state index is 12.0. The zero-order valence-electron chi connectivity index (χ0n) is 11.8. The van der Waals surface area contributed by atoms with Gasteiger partial charge in [0.15, 0.2) is 5.78 Å². The molecular weight excluding hydrogens is 371 g/mol. The number of esters is 1. The van der Waals surface area contributed by atoms with Crippen molar-refractivity contribution < 1.29 is 19.4 Å². The standard InChI is InChI=1S/C15H19IO4/c1-5-8-4-9(17)6(2)10(8)13(18)11-7(3)15(19)20-14(11)12(5)16/h5,7-8,11-14,18H,4H2,1-3H3/t5-,7-,8-,11+,12+,13-,14+/m1/s1. The van der Waals surface area contributed by atoms with Gasteiger partial charge in [-0.3, -0.25) is 9.59 Å². The molecule has 7 atom stereocenters. The van der Waals surface area contributed by atoms with E-state index < -0.39 is 6.10 Å². The van der Waals surface area contributed by atoms with Crippen LogP contribution in [0.3, 0.4) is 0 Å². The third-order valence-electron chi connectivity index (χ3n) is 5.37. The zero-order valence-corrected chi connectivity index (χ0v) is 14.0. The summed E-state index contributed by atoms with van der Waals surface area (Å²) in [5, 5.41) is 10.8. The van der Waals surface area contributed by atoms with Crippen molar-refractivity contribution in [1.82, 2.24) is 0 Å². The fourth-order valence-corrected chi connectivity index (χ4v) is 5.16. The maximum Gasteiger partial charge on any atom is 0.309 e. The van der Waals surface area contributed by atoms with E-state index in [1.54, 1.807) is 6.92 Å². The van der Waals surface area contributed by atoms with E-state index in [1.807, 2.05) is 6.92 Å². The number of ether oxygens (including phenoxy) is 1. The Hall–Kier alpha value is -0.430. The molecule has 2 aliphatic carbocycles. The molecule has 5 heteroatoms. The smallest absolute Gasteiger partial charge is 0.309 e. The van der Waals surface area contributed by atoms with Gasteiger partial charge in [-0.1, -0.05) is 36.4 Å². The Morgan fingerprint density at radius 3 is 2.60 bits per heavy atom. The van der Waals surface area contributed by atoms with Crippen molar-refractivity contribution in [3.05, 3.63) is 11.1 Å². The molecule has 1 N–H and O–H groups in total. The number of rotatable bonds is 0. The summed E-state index contributed by atoms with van der Waals surface area (Å²) in [6, 6.07) is 0. The van der Waals surface area contributed by atoms with E-state index in [4.69, 9.17) is 4.74 Å². The van der Waals surface area contributed by atoms with Gasteiger partial charge >= 0.3 is 5.97 Å². The molecule has 1 heterocycles. The number of aliphatic hydroxyl groups is 1. The summed E-state index contributed by atoms with van der Waals surface area (Å²) in [6.45, 7) is 5.72. The van der Waals surface area contributed by atoms with Crippen molar-refractivity contribution in [3.63, 3.8) is 0 Å². The van der Waals surface area contributed by atoms with Crippen LogP contribution >= 0.6 is 22.6 Å². The maximum atomic E-state index is 12.0. The van der Waals surface area contributed by atoms with E-state index in [0.717, 1.165) is 5.57 Å². The summed E-state index contributed by atoms with van der Waals surface area (Å²) in [4.78, 5) is 23.9. The third kappa shape index (κ3) is 1.81. The predicted molar refractivity (Wildman–Crippen MR) is 81.3 cm³/mol. The lowest BCUT2D eigenvalue weighted by molar-refractivity contribution is -0.144. The number of carbonyl (C=O) groups is 2. The number of hydrogen-bond acceptors (Lipinski definition) is 4. The second kappa shape index (κ2) is 4.80. The highest BCUT2D eigenvalue weighted by atomic mass is 127. The minimum Gasteiger partial charge on any atom is -0.461 e. The molecule has 1 saturated heterocycles. The van der Waals surface area contributed by atoms with Crippen LogP contribution in [0.5, 0.6) is 0 Å². The van der Waals surface area contributed by atoms with Gasteiger partial charge in [0, 0.05) is 12.3 Å². The minimum atomic E-state index is -0.736. The van der Waals surface area contributed by atoms with Gasteiger partial charge in [-0.15, -0.1) is 0 Å². The first-order valence-corrected chi connectivity index (χ1v) is 8.35. The van der Waals surface area contributed by atoms with Crippen molar-refractivity contribution in [1.29, 1.82) is 0 Å². The highest BCUT2D eigenvalue weighted by Crippen LogP contribution is 2.50. The summed E-state index contributed by atoms with van der Waals surface area (Å²) in [5.41, 5.74) is 1.56. The van der Waals surface area contributed by atoms with Gasteiger partial charge < -0.3 is 9.84 Å². The number of ketones is 1. The Balaban J connectivity index is 2.10. The first-order chi connectivity index (χ1) is 9.34. The Labute approximate surface area is 132 Å². The van der Waals surface area contributed by atoms with E-state index in [9.17, 15) is 14.7 Å². The average Bonchev–Trinajstić information content (AvgIpc) is 2.84. The molecule has 0 aromatic heterocycles. The molecule has 20 heavy (non-hydrogen) atoms. The van der Waals surface area contributed by atoms with Crippen molar-refractivity contribution in [2.45, 2.75) is 43.3 Å². The molecule has 0 bridgehead atoms. The molecule has 0 spiro atoms. The number of Topliss-reactive ketones (excluding diaryl/α,β-unsaturated/α-hetero) is 1. The Kier molecular flexibility index (Phi) is 3.48. The molecule has 110 valence electrons. The Bertz CT molecular complexity index is 512. The summed E-state index contributed by atoms with van der Waals surface area (Å²) < 4.78 is 5.65. The van der Waals surface area contributed by atoms with Gasteiger partial charge in [0.05, 0.1) is 15.9 Å². The fourth-order valence-electron chi connectivity index (χ4n) is 4.03. The van der Waals surface area contributed by atoms with E-state index in [2.05, 4.69) is 29.5 Å². The van der Waals surface area contributed by atoms with Gasteiger partial charge in [0.1, 0.15) is 6.10 Å². The number of aliphatic hydroxyl groups excluding tert-OH is 1. The normalized spacial score (nSPS) is 48.0. The van der Waals surface area contributed by atoms with Crippen molar-refractivity contribution >= 4 is 34.3 Å². The van der Waals surface area contributed by atoms with Crippen molar-refractivity contribution in [3.8, 4) is 0 Å². The summed E-state index contributed by atoms with van der Waals surface area (Å²) in [5.74, 6) is -0.322. The van der Waals surface area contributed by atoms with Crippen LogP contribution in [-0.4, -0.2) is 33.0 Å². The van der Waals surface area contributed by atoms with Crippen LogP contribution in [0.4, 0.5) is 0 Å². The largest absolute Gasteiger partial charge is 0.461 e. The molecule has 0 aromatic rings. The predicted octanol–water partition coefficient (Wildman–Crippen LogP) is 1.88. The summed E-state index contributed by atoms with van der Waals surface area (Å²) in [7, 11) is 0. The number of hydrogen-bond donors (Lipinski definition) is 1. The van der Waals surface area contributed by atoms with Crippen LogP contribution in [-0.2, 0) is 14.3 Å². The van der Waals surface area contributed by atoms with Gasteiger partial charge in [-0.25, -0.2) is 0 Å². The quantitative estimate of drug-likeness (QED) is 0.390. The first kappa shape index (κ1) is 14.5. The number of alkyl halides is 1. The monoisotopic (exact) mass is 390 g/mol. The molecule has 0 aromatic carbocycles. The average molecular weight is 390 g/mol. The summed E-state index contributed by atoms with van der Waals surface area (Å²) in [6.07, 6.45) is -0.495. The number of halogens is 1. The van der Waals surface area contributed by atoms with Gasteiger partial charge in [0.2, 0.25) is 0 Å². The minimum absolute atomic E-state index is 0.0934. The Morgan fingerprint density at radius 2 is 1.95 bits per heavy atom.